The lowest BCUT2D eigenvalue weighted by Crippen LogP contribution is -2.28. The fraction of sp³-hybridized carbons (Fsp3) is 0.308. The van der Waals surface area contributed by atoms with E-state index >= 15 is 0 Å². The Morgan fingerprint density at radius 3 is 2.94 bits per heavy atom. The number of amides is 2. The van der Waals surface area contributed by atoms with Crippen molar-refractivity contribution in [3.63, 3.8) is 0 Å². The van der Waals surface area contributed by atoms with Crippen LogP contribution in [-0.4, -0.2) is 19.2 Å². The maximum absolute atomic E-state index is 11.4. The highest BCUT2D eigenvalue weighted by molar-refractivity contribution is 6.32. The summed E-state index contributed by atoms with van der Waals surface area (Å²) >= 11 is 6.04. The van der Waals surface area contributed by atoms with Crippen LogP contribution in [0.5, 0.6) is 5.75 Å². The average molecular weight is 269 g/mol. The quantitative estimate of drug-likeness (QED) is 0.777. The molecule has 2 N–H and O–H groups in total. The lowest BCUT2D eigenvalue weighted by molar-refractivity contribution is 0.253. The molecule has 0 saturated heterocycles. The predicted octanol–water partition coefficient (Wildman–Crippen LogP) is 3.44. The molecule has 4 nitrogen and oxygen atoms in total. The number of nitrogens with one attached hydrogen (secondary N) is 2. The number of urea groups is 1. The molecule has 1 aromatic carbocycles. The normalized spacial score (nSPS) is 9.67. The summed E-state index contributed by atoms with van der Waals surface area (Å²) < 4.78 is 5.44. The van der Waals surface area contributed by atoms with Crippen LogP contribution in [0.3, 0.4) is 0 Å². The van der Waals surface area contributed by atoms with Crippen molar-refractivity contribution in [2.75, 3.05) is 18.5 Å². The van der Waals surface area contributed by atoms with E-state index in [9.17, 15) is 4.79 Å². The van der Waals surface area contributed by atoms with Crippen molar-refractivity contribution in [3.8, 4) is 5.75 Å². The van der Waals surface area contributed by atoms with Crippen LogP contribution in [0.4, 0.5) is 10.5 Å². The van der Waals surface area contributed by atoms with Gasteiger partial charge in [-0.15, -0.1) is 6.58 Å². The van der Waals surface area contributed by atoms with E-state index in [1.807, 2.05) is 6.92 Å². The van der Waals surface area contributed by atoms with Crippen LogP contribution < -0.4 is 15.4 Å². The molecular weight excluding hydrogens is 252 g/mol. The van der Waals surface area contributed by atoms with Crippen molar-refractivity contribution >= 4 is 23.3 Å². The molecule has 0 aliphatic heterocycles. The summed E-state index contributed by atoms with van der Waals surface area (Å²) in [6.45, 7) is 6.57. The molecule has 2 amide bonds. The van der Waals surface area contributed by atoms with Crippen LogP contribution in [0.15, 0.2) is 30.9 Å². The molecule has 1 aromatic rings. The van der Waals surface area contributed by atoms with Gasteiger partial charge in [0.25, 0.3) is 0 Å². The van der Waals surface area contributed by atoms with Crippen LogP contribution >= 0.6 is 11.6 Å². The first-order valence-electron chi connectivity index (χ1n) is 5.75. The number of ether oxygens (including phenoxy) is 1. The average Bonchev–Trinajstić information content (AvgIpc) is 2.35. The molecule has 0 heterocycles. The van der Waals surface area contributed by atoms with Crippen molar-refractivity contribution in [1.29, 1.82) is 0 Å². The summed E-state index contributed by atoms with van der Waals surface area (Å²) in [5.74, 6) is 0.621. The first kappa shape index (κ1) is 14.4. The standard InChI is InChI=1S/C13H17ClN2O2/c1-3-7-15-13(17)16-10-5-6-12(11(14)9-10)18-8-4-2/h3,5-6,9H,1,4,7-8H2,2H3,(H2,15,16,17). The summed E-state index contributed by atoms with van der Waals surface area (Å²) in [6, 6.07) is 4.83. The molecule has 18 heavy (non-hydrogen) atoms. The number of anilines is 1. The molecule has 0 saturated carbocycles. The monoisotopic (exact) mass is 268 g/mol. The van der Waals surface area contributed by atoms with E-state index in [0.717, 1.165) is 6.42 Å². The second-order valence-corrected chi connectivity index (χ2v) is 4.02. The van der Waals surface area contributed by atoms with Crippen LogP contribution in [0.1, 0.15) is 13.3 Å². The first-order chi connectivity index (χ1) is 8.67. The summed E-state index contributed by atoms with van der Waals surface area (Å²) in [6.07, 6.45) is 2.52. The Morgan fingerprint density at radius 1 is 1.56 bits per heavy atom. The van der Waals surface area contributed by atoms with Crippen molar-refractivity contribution in [2.45, 2.75) is 13.3 Å². The summed E-state index contributed by atoms with van der Waals surface area (Å²) in [4.78, 5) is 11.4. The number of carbonyl (C=O) groups excluding carboxylic acids is 1. The smallest absolute Gasteiger partial charge is 0.319 e. The van der Waals surface area contributed by atoms with Crippen molar-refractivity contribution in [3.05, 3.63) is 35.9 Å². The lowest BCUT2D eigenvalue weighted by atomic mass is 10.3. The molecule has 5 heteroatoms. The first-order valence-corrected chi connectivity index (χ1v) is 6.13. The van der Waals surface area contributed by atoms with Crippen LogP contribution in [0.25, 0.3) is 0 Å². The Labute approximate surface area is 112 Å². The van der Waals surface area contributed by atoms with Gasteiger partial charge in [0.15, 0.2) is 0 Å². The van der Waals surface area contributed by atoms with Crippen LogP contribution in [0.2, 0.25) is 5.02 Å². The molecular formula is C13H17ClN2O2. The van der Waals surface area contributed by atoms with E-state index in [1.165, 1.54) is 0 Å². The van der Waals surface area contributed by atoms with Gasteiger partial charge < -0.3 is 15.4 Å². The van der Waals surface area contributed by atoms with Gasteiger partial charge in [0.1, 0.15) is 5.75 Å². The van der Waals surface area contributed by atoms with Gasteiger partial charge >= 0.3 is 6.03 Å². The largest absolute Gasteiger partial charge is 0.492 e. The number of halogens is 1. The van der Waals surface area contributed by atoms with Crippen molar-refractivity contribution < 1.29 is 9.53 Å². The maximum atomic E-state index is 11.4. The van der Waals surface area contributed by atoms with Gasteiger partial charge in [0.05, 0.1) is 11.6 Å². The van der Waals surface area contributed by atoms with Gasteiger partial charge in [-0.1, -0.05) is 24.6 Å². The molecule has 0 radical (unpaired) electrons. The number of hydrogen-bond acceptors (Lipinski definition) is 2. The highest BCUT2D eigenvalue weighted by atomic mass is 35.5. The molecule has 0 fully saturated rings. The van der Waals surface area contributed by atoms with Gasteiger partial charge in [0, 0.05) is 12.2 Å². The number of rotatable bonds is 6. The second-order valence-electron chi connectivity index (χ2n) is 3.62. The Balaban J connectivity index is 2.60. The van der Waals surface area contributed by atoms with Gasteiger partial charge in [-0.25, -0.2) is 4.79 Å². The fourth-order valence-electron chi connectivity index (χ4n) is 1.25. The van der Waals surface area contributed by atoms with Crippen molar-refractivity contribution in [1.82, 2.24) is 5.32 Å². The number of carbonyl (C=O) groups is 1. The second kappa shape index (κ2) is 7.61. The van der Waals surface area contributed by atoms with Gasteiger partial charge in [-0.2, -0.15) is 0 Å². The third-order valence-corrected chi connectivity index (χ3v) is 2.35. The minimum atomic E-state index is -0.298. The highest BCUT2D eigenvalue weighted by Crippen LogP contribution is 2.27. The van der Waals surface area contributed by atoms with E-state index in [4.69, 9.17) is 16.3 Å². The third-order valence-electron chi connectivity index (χ3n) is 2.06. The Kier molecular flexibility index (Phi) is 6.08. The van der Waals surface area contributed by atoms with E-state index in [0.29, 0.717) is 29.6 Å². The minimum Gasteiger partial charge on any atom is -0.492 e. The minimum absolute atomic E-state index is 0.298. The fourth-order valence-corrected chi connectivity index (χ4v) is 1.48. The van der Waals surface area contributed by atoms with Crippen LogP contribution in [-0.2, 0) is 0 Å². The van der Waals surface area contributed by atoms with Gasteiger partial charge in [-0.3, -0.25) is 0 Å². The van der Waals surface area contributed by atoms with Gasteiger partial charge in [-0.05, 0) is 24.6 Å². The topological polar surface area (TPSA) is 50.4 Å². The lowest BCUT2D eigenvalue weighted by Gasteiger charge is -2.10. The summed E-state index contributed by atoms with van der Waals surface area (Å²) in [5.41, 5.74) is 0.616. The summed E-state index contributed by atoms with van der Waals surface area (Å²) in [5, 5.41) is 5.75. The molecule has 0 aromatic heterocycles. The van der Waals surface area contributed by atoms with Crippen LogP contribution in [0, 0.1) is 0 Å². The molecule has 0 spiro atoms. The number of benzene rings is 1. The van der Waals surface area contributed by atoms with E-state index < -0.39 is 0 Å². The van der Waals surface area contributed by atoms with E-state index in [-0.39, 0.29) is 6.03 Å². The molecule has 98 valence electrons. The third kappa shape index (κ3) is 4.67. The molecule has 0 atom stereocenters. The maximum Gasteiger partial charge on any atom is 0.319 e. The Hall–Kier alpha value is -1.68. The van der Waals surface area contributed by atoms with E-state index in [2.05, 4.69) is 17.2 Å². The van der Waals surface area contributed by atoms with Gasteiger partial charge in [0.2, 0.25) is 0 Å². The molecule has 0 aliphatic rings. The van der Waals surface area contributed by atoms with E-state index in [1.54, 1.807) is 24.3 Å². The SMILES string of the molecule is C=CCNC(=O)Nc1ccc(OCCC)c(Cl)c1. The van der Waals surface area contributed by atoms with Crippen molar-refractivity contribution in [2.24, 2.45) is 0 Å². The number of hydrogen-bond donors (Lipinski definition) is 2. The highest BCUT2D eigenvalue weighted by Gasteiger charge is 2.05. The Bertz CT molecular complexity index is 421. The molecule has 1 rings (SSSR count). The predicted molar refractivity (Wildman–Crippen MR) is 74.5 cm³/mol. The molecule has 0 unspecified atom stereocenters. The summed E-state index contributed by atoms with van der Waals surface area (Å²) in [7, 11) is 0. The zero-order valence-electron chi connectivity index (χ0n) is 10.3. The molecule has 0 aliphatic carbocycles. The Morgan fingerprint density at radius 2 is 2.33 bits per heavy atom. The zero-order chi connectivity index (χ0) is 13.4. The molecule has 0 bridgehead atoms. The zero-order valence-corrected chi connectivity index (χ0v) is 11.1.